The summed E-state index contributed by atoms with van der Waals surface area (Å²) in [6.07, 6.45) is 5.80. The van der Waals surface area contributed by atoms with Gasteiger partial charge in [-0.15, -0.1) is 0 Å². The standard InChI is InChI=1S/C17H21N3O2/c1-14-7-11-19(12-8-14)17(21)13-22-16-5-3-15(4-6-16)20-10-2-9-18-20/h2-6,9-10,14H,7-8,11-13H2,1H3. The normalized spacial score (nSPS) is 15.8. The van der Waals surface area contributed by atoms with E-state index in [1.54, 1.807) is 10.9 Å². The first kappa shape index (κ1) is 14.6. The van der Waals surface area contributed by atoms with E-state index in [1.165, 1.54) is 0 Å². The Kier molecular flexibility index (Phi) is 4.42. The Morgan fingerprint density at radius 1 is 1.27 bits per heavy atom. The van der Waals surface area contributed by atoms with Gasteiger partial charge in [0.25, 0.3) is 5.91 Å². The highest BCUT2D eigenvalue weighted by Gasteiger charge is 2.20. The van der Waals surface area contributed by atoms with Crippen molar-refractivity contribution in [3.8, 4) is 11.4 Å². The van der Waals surface area contributed by atoms with Gasteiger partial charge in [-0.05, 0) is 49.1 Å². The first-order valence-corrected chi connectivity index (χ1v) is 7.73. The van der Waals surface area contributed by atoms with Crippen molar-refractivity contribution < 1.29 is 9.53 Å². The quantitative estimate of drug-likeness (QED) is 0.871. The second kappa shape index (κ2) is 6.64. The van der Waals surface area contributed by atoms with Crippen LogP contribution in [0.25, 0.3) is 5.69 Å². The Balaban J connectivity index is 1.52. The topological polar surface area (TPSA) is 47.4 Å². The van der Waals surface area contributed by atoms with E-state index in [0.717, 1.165) is 37.5 Å². The Morgan fingerprint density at radius 3 is 2.64 bits per heavy atom. The van der Waals surface area contributed by atoms with E-state index >= 15 is 0 Å². The Bertz CT molecular complexity index is 599. The minimum atomic E-state index is 0.0723. The second-order valence-corrected chi connectivity index (χ2v) is 5.80. The molecule has 1 fully saturated rings. The van der Waals surface area contributed by atoms with Crippen LogP contribution in [0, 0.1) is 5.92 Å². The number of hydrogen-bond acceptors (Lipinski definition) is 3. The third-order valence-corrected chi connectivity index (χ3v) is 4.10. The number of amides is 1. The van der Waals surface area contributed by atoms with Gasteiger partial charge in [-0.3, -0.25) is 4.79 Å². The van der Waals surface area contributed by atoms with Crippen LogP contribution in [0.15, 0.2) is 42.7 Å². The lowest BCUT2D eigenvalue weighted by molar-refractivity contribution is -0.134. The van der Waals surface area contributed by atoms with Crippen molar-refractivity contribution in [3.05, 3.63) is 42.7 Å². The summed E-state index contributed by atoms with van der Waals surface area (Å²) >= 11 is 0. The number of benzene rings is 1. The van der Waals surface area contributed by atoms with E-state index in [9.17, 15) is 4.79 Å². The molecule has 3 rings (SSSR count). The van der Waals surface area contributed by atoms with Gasteiger partial charge in [0.2, 0.25) is 0 Å². The molecule has 1 amide bonds. The van der Waals surface area contributed by atoms with Crippen LogP contribution in [0.1, 0.15) is 19.8 Å². The predicted molar refractivity (Wildman–Crippen MR) is 84.0 cm³/mol. The monoisotopic (exact) mass is 299 g/mol. The molecule has 0 unspecified atom stereocenters. The zero-order chi connectivity index (χ0) is 15.4. The van der Waals surface area contributed by atoms with Gasteiger partial charge in [0.1, 0.15) is 5.75 Å². The summed E-state index contributed by atoms with van der Waals surface area (Å²) in [6, 6.07) is 9.46. The highest BCUT2D eigenvalue weighted by molar-refractivity contribution is 5.77. The largest absolute Gasteiger partial charge is 0.484 e. The number of ether oxygens (including phenoxy) is 1. The first-order valence-electron chi connectivity index (χ1n) is 7.73. The Morgan fingerprint density at radius 2 is 2.00 bits per heavy atom. The summed E-state index contributed by atoms with van der Waals surface area (Å²) in [6.45, 7) is 4.04. The number of aromatic nitrogens is 2. The van der Waals surface area contributed by atoms with Crippen LogP contribution in [0.2, 0.25) is 0 Å². The maximum atomic E-state index is 12.1. The zero-order valence-electron chi connectivity index (χ0n) is 12.8. The van der Waals surface area contributed by atoms with Crippen LogP contribution in [0.4, 0.5) is 0 Å². The molecular weight excluding hydrogens is 278 g/mol. The van der Waals surface area contributed by atoms with Gasteiger partial charge < -0.3 is 9.64 Å². The summed E-state index contributed by atoms with van der Waals surface area (Å²) in [5, 5.41) is 4.17. The van der Waals surface area contributed by atoms with Gasteiger partial charge in [-0.25, -0.2) is 4.68 Å². The van der Waals surface area contributed by atoms with E-state index in [2.05, 4.69) is 12.0 Å². The second-order valence-electron chi connectivity index (χ2n) is 5.80. The van der Waals surface area contributed by atoms with Crippen LogP contribution in [-0.2, 0) is 4.79 Å². The van der Waals surface area contributed by atoms with Crippen molar-refractivity contribution in [2.75, 3.05) is 19.7 Å². The molecule has 116 valence electrons. The average molecular weight is 299 g/mol. The van der Waals surface area contributed by atoms with Crippen molar-refractivity contribution >= 4 is 5.91 Å². The van der Waals surface area contributed by atoms with E-state index in [0.29, 0.717) is 5.75 Å². The minimum absolute atomic E-state index is 0.0723. The fourth-order valence-corrected chi connectivity index (χ4v) is 2.61. The molecule has 1 aromatic carbocycles. The van der Waals surface area contributed by atoms with Crippen molar-refractivity contribution in [2.45, 2.75) is 19.8 Å². The third-order valence-electron chi connectivity index (χ3n) is 4.10. The molecule has 0 saturated carbocycles. The Hall–Kier alpha value is -2.30. The van der Waals surface area contributed by atoms with Gasteiger partial charge in [0.05, 0.1) is 5.69 Å². The lowest BCUT2D eigenvalue weighted by Crippen LogP contribution is -2.40. The molecule has 2 heterocycles. The highest BCUT2D eigenvalue weighted by Crippen LogP contribution is 2.17. The highest BCUT2D eigenvalue weighted by atomic mass is 16.5. The van der Waals surface area contributed by atoms with Crippen molar-refractivity contribution in [3.63, 3.8) is 0 Å². The number of rotatable bonds is 4. The number of likely N-dealkylation sites (tertiary alicyclic amines) is 1. The van der Waals surface area contributed by atoms with Gasteiger partial charge in [-0.1, -0.05) is 6.92 Å². The summed E-state index contributed by atoms with van der Waals surface area (Å²) in [5.74, 6) is 1.50. The molecule has 22 heavy (non-hydrogen) atoms. The van der Waals surface area contributed by atoms with Crippen LogP contribution >= 0.6 is 0 Å². The number of carbonyl (C=O) groups is 1. The minimum Gasteiger partial charge on any atom is -0.484 e. The zero-order valence-corrected chi connectivity index (χ0v) is 12.8. The molecule has 0 radical (unpaired) electrons. The van der Waals surface area contributed by atoms with E-state index in [1.807, 2.05) is 41.4 Å². The molecule has 0 atom stereocenters. The Labute approximate surface area is 130 Å². The molecule has 0 spiro atoms. The molecule has 1 aromatic heterocycles. The molecule has 0 bridgehead atoms. The van der Waals surface area contributed by atoms with Crippen LogP contribution in [0.5, 0.6) is 5.75 Å². The molecule has 1 aliphatic rings. The summed E-state index contributed by atoms with van der Waals surface area (Å²) in [7, 11) is 0. The van der Waals surface area contributed by atoms with Crippen molar-refractivity contribution in [1.82, 2.24) is 14.7 Å². The van der Waals surface area contributed by atoms with E-state index in [4.69, 9.17) is 4.74 Å². The smallest absolute Gasteiger partial charge is 0.260 e. The summed E-state index contributed by atoms with van der Waals surface area (Å²) < 4.78 is 7.38. The fraction of sp³-hybridized carbons (Fsp3) is 0.412. The fourth-order valence-electron chi connectivity index (χ4n) is 2.61. The van der Waals surface area contributed by atoms with Gasteiger partial charge in [0, 0.05) is 25.5 Å². The molecular formula is C17H21N3O2. The number of hydrogen-bond donors (Lipinski definition) is 0. The number of nitrogens with zero attached hydrogens (tertiary/aromatic N) is 3. The van der Waals surface area contributed by atoms with Crippen LogP contribution in [-0.4, -0.2) is 40.3 Å². The maximum Gasteiger partial charge on any atom is 0.260 e. The lowest BCUT2D eigenvalue weighted by Gasteiger charge is -2.30. The molecule has 1 aliphatic heterocycles. The summed E-state index contributed by atoms with van der Waals surface area (Å²) in [5.41, 5.74) is 0.966. The lowest BCUT2D eigenvalue weighted by atomic mass is 9.99. The maximum absolute atomic E-state index is 12.1. The molecule has 2 aromatic rings. The average Bonchev–Trinajstić information content (AvgIpc) is 3.08. The van der Waals surface area contributed by atoms with Crippen molar-refractivity contribution in [1.29, 1.82) is 0 Å². The van der Waals surface area contributed by atoms with E-state index < -0.39 is 0 Å². The molecule has 5 nitrogen and oxygen atoms in total. The third kappa shape index (κ3) is 3.47. The van der Waals surface area contributed by atoms with Gasteiger partial charge in [-0.2, -0.15) is 5.10 Å². The summed E-state index contributed by atoms with van der Waals surface area (Å²) in [4.78, 5) is 14.0. The number of carbonyl (C=O) groups excluding carboxylic acids is 1. The SMILES string of the molecule is CC1CCN(C(=O)COc2ccc(-n3cccn3)cc2)CC1. The van der Waals surface area contributed by atoms with Gasteiger partial charge in [0.15, 0.2) is 6.61 Å². The van der Waals surface area contributed by atoms with Gasteiger partial charge >= 0.3 is 0 Å². The molecule has 0 aliphatic carbocycles. The number of piperidine rings is 1. The molecule has 1 saturated heterocycles. The van der Waals surface area contributed by atoms with Crippen molar-refractivity contribution in [2.24, 2.45) is 5.92 Å². The molecule has 5 heteroatoms. The van der Waals surface area contributed by atoms with Crippen LogP contribution in [0.3, 0.4) is 0 Å². The van der Waals surface area contributed by atoms with Crippen LogP contribution < -0.4 is 4.74 Å². The van der Waals surface area contributed by atoms with E-state index in [-0.39, 0.29) is 12.5 Å². The first-order chi connectivity index (χ1) is 10.7. The molecule has 0 N–H and O–H groups in total. The predicted octanol–water partition coefficient (Wildman–Crippen LogP) is 2.51.